The standard InChI is InChI=1S/C43H61F3N12O17/c44-43(45,46)41(75)55-42(47)49-12-6-10-26-37(71)50-19-30(59)51-29(18-32(61)62)40(74)54-28(17-25-7-2-1-3-8-25)39(73)53-27(38(72)52-26)9-4-5-11-48-31(60)20-57(22-34(65)66)15-13-56(21-33(63)64)14-16-58(23-35(67)68)24-36(69)70/h1-3,7-8,26-29H,4-6,9-24H2,(H,48,60)(H,50,71)(H,51,59)(H,52,72)(H,53,73)(H,54,74)(H,61,62)(H,63,64)(H,65,66)(H,67,68)(H,69,70)(H3,47,49,55,75)/t26-,27-,28+,29-/m0/s1. The molecule has 32 heteroatoms. The van der Waals surface area contributed by atoms with Gasteiger partial charge in [-0.3, -0.25) is 82.5 Å². The first-order chi connectivity index (χ1) is 35.2. The van der Waals surface area contributed by atoms with Crippen LogP contribution in [0.25, 0.3) is 0 Å². The van der Waals surface area contributed by atoms with Gasteiger partial charge in [-0.15, -0.1) is 0 Å². The number of hydrogen-bond acceptors (Lipinski definition) is 16. The van der Waals surface area contributed by atoms with Crippen molar-refractivity contribution in [3.8, 4) is 0 Å². The summed E-state index contributed by atoms with van der Waals surface area (Å²) in [5.41, 5.74) is 5.88. The molecule has 1 aliphatic heterocycles. The van der Waals surface area contributed by atoms with Gasteiger partial charge in [0, 0.05) is 45.7 Å². The minimum atomic E-state index is -5.28. The molecular weight excluding hydrogens is 1010 g/mol. The second kappa shape index (κ2) is 32.2. The molecule has 1 fully saturated rings. The number of rotatable bonds is 29. The maximum absolute atomic E-state index is 14.1. The number of carbonyl (C=O) groups excluding carboxylic acids is 7. The lowest BCUT2D eigenvalue weighted by molar-refractivity contribution is -0.171. The number of unbranched alkanes of at least 4 members (excludes halogenated alkanes) is 1. The zero-order valence-electron chi connectivity index (χ0n) is 40.3. The van der Waals surface area contributed by atoms with Crippen LogP contribution in [0.3, 0.4) is 0 Å². The highest BCUT2D eigenvalue weighted by molar-refractivity contribution is 5.99. The van der Waals surface area contributed by atoms with Gasteiger partial charge < -0.3 is 63.2 Å². The number of aliphatic carboxylic acids is 5. The van der Waals surface area contributed by atoms with E-state index in [9.17, 15) is 86.0 Å². The Kier molecular flexibility index (Phi) is 27.1. The van der Waals surface area contributed by atoms with Crippen LogP contribution < -0.4 is 43.0 Å². The lowest BCUT2D eigenvalue weighted by atomic mass is 10.0. The number of hydrogen-bond donors (Lipinski definition) is 13. The second-order valence-electron chi connectivity index (χ2n) is 16.8. The zero-order valence-corrected chi connectivity index (χ0v) is 40.3. The molecule has 0 saturated carbocycles. The predicted molar refractivity (Wildman–Crippen MR) is 250 cm³/mol. The molecule has 1 aromatic carbocycles. The number of amides is 7. The van der Waals surface area contributed by atoms with Crippen molar-refractivity contribution in [2.24, 2.45) is 10.7 Å². The van der Waals surface area contributed by atoms with Crippen LogP contribution in [-0.2, 0) is 64.0 Å². The van der Waals surface area contributed by atoms with Gasteiger partial charge in [-0.2, -0.15) is 13.2 Å². The largest absolute Gasteiger partial charge is 0.481 e. The van der Waals surface area contributed by atoms with Gasteiger partial charge in [0.15, 0.2) is 5.96 Å². The number of guanidine groups is 1. The molecular formula is C43H61F3N12O17. The minimum absolute atomic E-state index is 0.0473. The van der Waals surface area contributed by atoms with E-state index in [0.717, 1.165) is 4.90 Å². The molecule has 4 atom stereocenters. The number of halogens is 3. The van der Waals surface area contributed by atoms with E-state index in [4.69, 9.17) is 15.9 Å². The van der Waals surface area contributed by atoms with Crippen LogP contribution in [0.4, 0.5) is 13.2 Å². The number of alkyl halides is 3. The fourth-order valence-electron chi connectivity index (χ4n) is 7.04. The lowest BCUT2D eigenvalue weighted by Crippen LogP contribution is -2.58. The summed E-state index contributed by atoms with van der Waals surface area (Å²) >= 11 is 0. The van der Waals surface area contributed by atoms with E-state index < -0.39 is 160 Å². The van der Waals surface area contributed by atoms with Crippen LogP contribution in [0.15, 0.2) is 35.3 Å². The van der Waals surface area contributed by atoms with Crippen LogP contribution in [0.5, 0.6) is 0 Å². The summed E-state index contributed by atoms with van der Waals surface area (Å²) in [6.07, 6.45) is -7.04. The molecule has 2 rings (SSSR count). The quantitative estimate of drug-likeness (QED) is 0.0203. The van der Waals surface area contributed by atoms with Gasteiger partial charge >= 0.3 is 41.9 Å². The molecule has 0 bridgehead atoms. The van der Waals surface area contributed by atoms with Gasteiger partial charge in [-0.25, -0.2) is 0 Å². The van der Waals surface area contributed by atoms with Crippen molar-refractivity contribution < 1.29 is 96.2 Å². The zero-order chi connectivity index (χ0) is 56.3. The highest BCUT2D eigenvalue weighted by Gasteiger charge is 2.39. The van der Waals surface area contributed by atoms with Gasteiger partial charge in [0.05, 0.1) is 45.7 Å². The number of carbonyl (C=O) groups is 12. The molecule has 29 nitrogen and oxygen atoms in total. The Labute approximate surface area is 425 Å². The summed E-state index contributed by atoms with van der Waals surface area (Å²) in [4.78, 5) is 157. The Morgan fingerprint density at radius 1 is 0.613 bits per heavy atom. The minimum Gasteiger partial charge on any atom is -0.481 e. The molecule has 0 spiro atoms. The average Bonchev–Trinajstić information content (AvgIpc) is 3.30. The number of nitrogens with two attached hydrogens (primary N) is 1. The van der Waals surface area contributed by atoms with E-state index in [1.54, 1.807) is 30.3 Å². The summed E-state index contributed by atoms with van der Waals surface area (Å²) in [5, 5.41) is 62.5. The molecule has 1 aliphatic rings. The predicted octanol–water partition coefficient (Wildman–Crippen LogP) is -4.92. The van der Waals surface area contributed by atoms with E-state index in [2.05, 4.69) is 36.9 Å². The van der Waals surface area contributed by atoms with Crippen LogP contribution in [-0.4, -0.2) is 226 Å². The molecule has 416 valence electrons. The molecule has 0 unspecified atom stereocenters. The molecule has 14 N–H and O–H groups in total. The molecule has 0 aromatic heterocycles. The Hall–Kier alpha value is -8.00. The first kappa shape index (κ1) is 63.1. The smallest absolute Gasteiger partial charge is 0.471 e. The summed E-state index contributed by atoms with van der Waals surface area (Å²) in [5.74, 6) is -16.0. The third-order valence-electron chi connectivity index (χ3n) is 10.6. The van der Waals surface area contributed by atoms with Crippen molar-refractivity contribution in [3.63, 3.8) is 0 Å². The van der Waals surface area contributed by atoms with Gasteiger partial charge in [-0.05, 0) is 37.7 Å². The summed E-state index contributed by atoms with van der Waals surface area (Å²) in [7, 11) is 0. The van der Waals surface area contributed by atoms with Crippen LogP contribution in [0.1, 0.15) is 44.1 Å². The molecule has 0 radical (unpaired) electrons. The Morgan fingerprint density at radius 2 is 1.09 bits per heavy atom. The molecule has 0 aliphatic carbocycles. The van der Waals surface area contributed by atoms with E-state index in [1.807, 2.05) is 0 Å². The Balaban J connectivity index is 2.32. The monoisotopic (exact) mass is 1070 g/mol. The third-order valence-corrected chi connectivity index (χ3v) is 10.6. The Morgan fingerprint density at radius 3 is 1.64 bits per heavy atom. The lowest BCUT2D eigenvalue weighted by Gasteiger charge is -2.27. The number of benzene rings is 1. The highest BCUT2D eigenvalue weighted by Crippen LogP contribution is 2.14. The maximum Gasteiger partial charge on any atom is 0.471 e. The number of nitrogens with zero attached hydrogens (tertiary/aromatic N) is 4. The first-order valence-corrected chi connectivity index (χ1v) is 22.9. The first-order valence-electron chi connectivity index (χ1n) is 22.9. The molecule has 75 heavy (non-hydrogen) atoms. The number of carboxylic acid groups (broad SMARTS) is 5. The van der Waals surface area contributed by atoms with Crippen molar-refractivity contribution in [2.75, 3.05) is 78.5 Å². The fraction of sp³-hybridized carbons (Fsp3) is 0.558. The summed E-state index contributed by atoms with van der Waals surface area (Å²) < 4.78 is 38.0. The maximum atomic E-state index is 14.1. The van der Waals surface area contributed by atoms with E-state index in [0.29, 0.717) is 5.56 Å². The van der Waals surface area contributed by atoms with E-state index in [1.165, 1.54) is 15.1 Å². The van der Waals surface area contributed by atoms with E-state index in [-0.39, 0.29) is 71.2 Å². The number of nitrogens with one attached hydrogen (secondary N) is 7. The van der Waals surface area contributed by atoms with Gasteiger partial charge in [-0.1, -0.05) is 30.3 Å². The van der Waals surface area contributed by atoms with Crippen molar-refractivity contribution in [1.82, 2.24) is 51.9 Å². The van der Waals surface area contributed by atoms with Gasteiger partial charge in [0.1, 0.15) is 24.2 Å². The van der Waals surface area contributed by atoms with Crippen molar-refractivity contribution >= 4 is 77.2 Å². The van der Waals surface area contributed by atoms with Gasteiger partial charge in [0.2, 0.25) is 35.4 Å². The fourth-order valence-corrected chi connectivity index (χ4v) is 7.04. The molecule has 7 amide bonds. The molecule has 1 aromatic rings. The third kappa shape index (κ3) is 27.0. The molecule has 1 heterocycles. The van der Waals surface area contributed by atoms with Crippen LogP contribution in [0.2, 0.25) is 0 Å². The van der Waals surface area contributed by atoms with Crippen molar-refractivity contribution in [3.05, 3.63) is 35.9 Å². The van der Waals surface area contributed by atoms with Gasteiger partial charge in [0.25, 0.3) is 0 Å². The van der Waals surface area contributed by atoms with Crippen LogP contribution >= 0.6 is 0 Å². The Bertz CT molecular complexity index is 2210. The van der Waals surface area contributed by atoms with Crippen molar-refractivity contribution in [1.29, 1.82) is 0 Å². The summed E-state index contributed by atoms with van der Waals surface area (Å²) in [6, 6.07) is 1.81. The number of aliphatic imine (C=N–C) groups is 1. The SMILES string of the molecule is NC(=NCCC[C@@H]1NC(=O)[C@H](CCCCNC(=O)CN(CCN(CCN(CC(=O)O)CC(=O)O)CC(=O)O)CC(=O)O)NC(=O)[C@@H](Cc2ccccc2)NC(=O)[C@H](CC(=O)O)NC(=O)CNC1=O)NC(=O)C(F)(F)F. The van der Waals surface area contributed by atoms with Crippen LogP contribution in [0, 0.1) is 0 Å². The highest BCUT2D eigenvalue weighted by atomic mass is 19.4. The molecule has 1 saturated heterocycles. The average molecular weight is 1080 g/mol. The normalized spacial score (nSPS) is 18.1. The number of carboxylic acids is 5. The summed E-state index contributed by atoms with van der Waals surface area (Å²) in [6.45, 7) is -5.06. The topological polar surface area (TPSA) is 438 Å². The van der Waals surface area contributed by atoms with E-state index >= 15 is 0 Å². The van der Waals surface area contributed by atoms with Crippen molar-refractivity contribution in [2.45, 2.75) is 75.3 Å². The second-order valence-corrected chi connectivity index (χ2v) is 16.8.